The van der Waals surface area contributed by atoms with Crippen molar-refractivity contribution >= 4 is 17.8 Å². The summed E-state index contributed by atoms with van der Waals surface area (Å²) in [5, 5.41) is 12.9. The van der Waals surface area contributed by atoms with E-state index >= 15 is 0 Å². The predicted molar refractivity (Wildman–Crippen MR) is 97.6 cm³/mol. The van der Waals surface area contributed by atoms with E-state index in [9.17, 15) is 19.5 Å². The fraction of sp³-hybridized carbons (Fsp3) is 0.550. The van der Waals surface area contributed by atoms with Crippen molar-refractivity contribution in [3.05, 3.63) is 29.8 Å². The molecule has 2 aliphatic rings. The average molecular weight is 374 g/mol. The molecular weight excluding hydrogens is 348 g/mol. The van der Waals surface area contributed by atoms with Crippen LogP contribution >= 0.6 is 0 Å². The highest BCUT2D eigenvalue weighted by molar-refractivity contribution is 6.09. The number of amides is 2. The molecule has 3 rings (SSSR count). The number of nitrogens with zero attached hydrogens (tertiary/aromatic N) is 1. The molecule has 2 amide bonds. The molecule has 0 aromatic heterocycles. The van der Waals surface area contributed by atoms with Crippen LogP contribution in [0.25, 0.3) is 0 Å². The summed E-state index contributed by atoms with van der Waals surface area (Å²) >= 11 is 0. The third-order valence-corrected chi connectivity index (χ3v) is 5.69. The number of phenols is 1. The SMILES string of the molecule is CCCC[C@@]1(C(=O)OCC)N[C@@H](c2ccc(O)cc2)[C@H]2C(=O)N(C)C(=O)[C@@H]21. The molecule has 2 N–H and O–H groups in total. The van der Waals surface area contributed by atoms with Crippen molar-refractivity contribution in [3.63, 3.8) is 0 Å². The van der Waals surface area contributed by atoms with Gasteiger partial charge in [-0.15, -0.1) is 0 Å². The molecule has 0 aliphatic carbocycles. The summed E-state index contributed by atoms with van der Waals surface area (Å²) in [5.41, 5.74) is -0.474. The number of hydrogen-bond acceptors (Lipinski definition) is 6. The lowest BCUT2D eigenvalue weighted by Gasteiger charge is -2.32. The number of carbonyl (C=O) groups is 3. The molecule has 0 spiro atoms. The molecule has 4 atom stereocenters. The quantitative estimate of drug-likeness (QED) is 0.582. The minimum atomic E-state index is -1.23. The molecule has 7 nitrogen and oxygen atoms in total. The van der Waals surface area contributed by atoms with Gasteiger partial charge in [-0.3, -0.25) is 24.6 Å². The standard InChI is InChI=1S/C20H26N2O5/c1-4-6-11-20(19(26)27-5-2)15-14(17(24)22(3)18(15)25)16(21-20)12-7-9-13(23)10-8-12/h7-10,14-16,21,23H,4-6,11H2,1-3H3/t14-,15+,16-,20+/m0/s1. The zero-order valence-electron chi connectivity index (χ0n) is 15.9. The molecule has 0 unspecified atom stereocenters. The van der Waals surface area contributed by atoms with E-state index in [1.54, 1.807) is 19.1 Å². The van der Waals surface area contributed by atoms with E-state index in [-0.39, 0.29) is 24.2 Å². The zero-order valence-corrected chi connectivity index (χ0v) is 15.9. The van der Waals surface area contributed by atoms with E-state index < -0.39 is 29.4 Å². The van der Waals surface area contributed by atoms with Gasteiger partial charge in [0.15, 0.2) is 0 Å². The van der Waals surface area contributed by atoms with Crippen LogP contribution in [0.2, 0.25) is 0 Å². The van der Waals surface area contributed by atoms with E-state index in [0.717, 1.165) is 23.3 Å². The van der Waals surface area contributed by atoms with E-state index in [1.165, 1.54) is 19.2 Å². The van der Waals surface area contributed by atoms with Crippen molar-refractivity contribution in [2.45, 2.75) is 44.7 Å². The van der Waals surface area contributed by atoms with Gasteiger partial charge in [-0.2, -0.15) is 0 Å². The lowest BCUT2D eigenvalue weighted by molar-refractivity contribution is -0.156. The minimum absolute atomic E-state index is 0.113. The molecule has 0 radical (unpaired) electrons. The number of nitrogens with one attached hydrogen (secondary N) is 1. The van der Waals surface area contributed by atoms with Crippen molar-refractivity contribution in [2.75, 3.05) is 13.7 Å². The van der Waals surface area contributed by atoms with Gasteiger partial charge < -0.3 is 9.84 Å². The fourth-order valence-corrected chi connectivity index (χ4v) is 4.35. The number of likely N-dealkylation sites (tertiary alicyclic amines) is 1. The van der Waals surface area contributed by atoms with E-state index in [1.807, 2.05) is 6.92 Å². The Labute approximate surface area is 158 Å². The van der Waals surface area contributed by atoms with Crippen molar-refractivity contribution in [3.8, 4) is 5.75 Å². The normalized spacial score (nSPS) is 29.9. The van der Waals surface area contributed by atoms with Gasteiger partial charge in [-0.05, 0) is 31.0 Å². The van der Waals surface area contributed by atoms with Crippen molar-refractivity contribution in [2.24, 2.45) is 11.8 Å². The number of unbranched alkanes of at least 4 members (excludes halogenated alkanes) is 1. The Morgan fingerprint density at radius 1 is 1.22 bits per heavy atom. The van der Waals surface area contributed by atoms with E-state index in [0.29, 0.717) is 6.42 Å². The Kier molecular flexibility index (Phi) is 5.24. The number of phenolic OH excluding ortho intramolecular Hbond substituents is 1. The van der Waals surface area contributed by atoms with Crippen LogP contribution in [0.5, 0.6) is 5.75 Å². The van der Waals surface area contributed by atoms with Crippen LogP contribution in [-0.2, 0) is 19.1 Å². The number of aromatic hydroxyl groups is 1. The number of esters is 1. The van der Waals surface area contributed by atoms with Crippen LogP contribution in [0.1, 0.15) is 44.7 Å². The number of hydrogen-bond donors (Lipinski definition) is 2. The Morgan fingerprint density at radius 2 is 1.89 bits per heavy atom. The average Bonchev–Trinajstić information content (AvgIpc) is 3.11. The van der Waals surface area contributed by atoms with E-state index in [4.69, 9.17) is 4.74 Å². The molecule has 2 saturated heterocycles. The van der Waals surface area contributed by atoms with Gasteiger partial charge in [-0.1, -0.05) is 31.9 Å². The topological polar surface area (TPSA) is 95.9 Å². The van der Waals surface area contributed by atoms with Gasteiger partial charge in [0.2, 0.25) is 11.8 Å². The number of ether oxygens (including phenoxy) is 1. The number of rotatable bonds is 6. The van der Waals surface area contributed by atoms with Gasteiger partial charge in [0.05, 0.1) is 18.4 Å². The molecule has 146 valence electrons. The minimum Gasteiger partial charge on any atom is -0.508 e. The Morgan fingerprint density at radius 3 is 2.48 bits per heavy atom. The van der Waals surface area contributed by atoms with Crippen LogP contribution in [0.4, 0.5) is 0 Å². The summed E-state index contributed by atoms with van der Waals surface area (Å²) in [5.74, 6) is -2.47. The highest BCUT2D eigenvalue weighted by atomic mass is 16.5. The zero-order chi connectivity index (χ0) is 19.8. The maximum Gasteiger partial charge on any atom is 0.327 e. The second-order valence-electron chi connectivity index (χ2n) is 7.25. The maximum absolute atomic E-state index is 13.0. The van der Waals surface area contributed by atoms with Crippen LogP contribution < -0.4 is 5.32 Å². The van der Waals surface area contributed by atoms with Crippen LogP contribution in [0.15, 0.2) is 24.3 Å². The van der Waals surface area contributed by atoms with Crippen LogP contribution in [-0.4, -0.2) is 47.0 Å². The number of imide groups is 1. The molecule has 1 aromatic carbocycles. The summed E-state index contributed by atoms with van der Waals surface area (Å²) in [7, 11) is 1.46. The van der Waals surface area contributed by atoms with Crippen LogP contribution in [0, 0.1) is 11.8 Å². The lowest BCUT2D eigenvalue weighted by Crippen LogP contribution is -2.56. The first kappa shape index (κ1) is 19.4. The number of benzene rings is 1. The predicted octanol–water partition coefficient (Wildman–Crippen LogP) is 1.76. The third-order valence-electron chi connectivity index (χ3n) is 5.69. The first-order chi connectivity index (χ1) is 12.9. The molecule has 2 aliphatic heterocycles. The Bertz CT molecular complexity index is 747. The second-order valence-corrected chi connectivity index (χ2v) is 7.25. The highest BCUT2D eigenvalue weighted by Crippen LogP contribution is 2.50. The van der Waals surface area contributed by atoms with E-state index in [2.05, 4.69) is 5.32 Å². The number of carbonyl (C=O) groups excluding carboxylic acids is 3. The fourth-order valence-electron chi connectivity index (χ4n) is 4.35. The molecule has 2 heterocycles. The molecule has 1 aromatic rings. The van der Waals surface area contributed by atoms with Crippen molar-refractivity contribution < 1.29 is 24.2 Å². The smallest absolute Gasteiger partial charge is 0.327 e. The summed E-state index contributed by atoms with van der Waals surface area (Å²) in [6.45, 7) is 3.94. The summed E-state index contributed by atoms with van der Waals surface area (Å²) < 4.78 is 5.33. The van der Waals surface area contributed by atoms with Crippen molar-refractivity contribution in [1.29, 1.82) is 0 Å². The first-order valence-corrected chi connectivity index (χ1v) is 9.42. The Hall–Kier alpha value is -2.41. The molecule has 0 bridgehead atoms. The summed E-state index contributed by atoms with van der Waals surface area (Å²) in [4.78, 5) is 39.9. The van der Waals surface area contributed by atoms with Gasteiger partial charge >= 0.3 is 5.97 Å². The molecule has 27 heavy (non-hydrogen) atoms. The number of fused-ring (bicyclic) bond motifs is 1. The van der Waals surface area contributed by atoms with Gasteiger partial charge in [0.1, 0.15) is 11.3 Å². The molecular formula is C20H26N2O5. The largest absolute Gasteiger partial charge is 0.508 e. The molecule has 7 heteroatoms. The Balaban J connectivity index is 2.10. The lowest BCUT2D eigenvalue weighted by atomic mass is 9.76. The molecule has 2 fully saturated rings. The van der Waals surface area contributed by atoms with Crippen LogP contribution in [0.3, 0.4) is 0 Å². The summed E-state index contributed by atoms with van der Waals surface area (Å²) in [6, 6.07) is 5.99. The van der Waals surface area contributed by atoms with Gasteiger partial charge in [0.25, 0.3) is 0 Å². The maximum atomic E-state index is 13.0. The van der Waals surface area contributed by atoms with Crippen molar-refractivity contribution in [1.82, 2.24) is 10.2 Å². The first-order valence-electron chi connectivity index (χ1n) is 9.42. The summed E-state index contributed by atoms with van der Waals surface area (Å²) in [6.07, 6.45) is 2.00. The monoisotopic (exact) mass is 374 g/mol. The molecule has 0 saturated carbocycles. The second kappa shape index (κ2) is 7.31. The third kappa shape index (κ3) is 3.00. The van der Waals surface area contributed by atoms with Gasteiger partial charge in [0, 0.05) is 13.1 Å². The van der Waals surface area contributed by atoms with Gasteiger partial charge in [-0.25, -0.2) is 0 Å². The highest BCUT2D eigenvalue weighted by Gasteiger charge is 2.67.